The fraction of sp³-hybridized carbons (Fsp3) is 0.333. The van der Waals surface area contributed by atoms with Gasteiger partial charge in [0.25, 0.3) is 0 Å². The van der Waals surface area contributed by atoms with Crippen molar-refractivity contribution in [1.82, 2.24) is 4.90 Å². The third-order valence-electron chi connectivity index (χ3n) is 4.18. The van der Waals surface area contributed by atoms with E-state index in [0.29, 0.717) is 0 Å². The first kappa shape index (κ1) is 12.4. The Hall–Kier alpha value is -1.60. The number of hydrogen-bond donors (Lipinski definition) is 0. The van der Waals surface area contributed by atoms with Crippen LogP contribution in [0, 0.1) is 0 Å². The smallest absolute Gasteiger partial charge is 0.00159 e. The molecule has 0 spiro atoms. The molecule has 0 radical (unpaired) electrons. The molecule has 0 unspecified atom stereocenters. The first-order valence-corrected chi connectivity index (χ1v) is 7.17. The van der Waals surface area contributed by atoms with E-state index in [1.807, 2.05) is 0 Å². The summed E-state index contributed by atoms with van der Waals surface area (Å²) in [4.78, 5) is 2.43. The van der Waals surface area contributed by atoms with E-state index in [4.69, 9.17) is 0 Å². The Morgan fingerprint density at radius 3 is 2.26 bits per heavy atom. The van der Waals surface area contributed by atoms with Crippen LogP contribution in [0.1, 0.15) is 24.3 Å². The highest BCUT2D eigenvalue weighted by molar-refractivity contribution is 5.64. The van der Waals surface area contributed by atoms with Crippen molar-refractivity contribution in [3.8, 4) is 11.1 Å². The van der Waals surface area contributed by atoms with E-state index in [1.54, 1.807) is 0 Å². The van der Waals surface area contributed by atoms with Gasteiger partial charge in [-0.3, -0.25) is 0 Å². The van der Waals surface area contributed by atoms with Gasteiger partial charge in [-0.25, -0.2) is 0 Å². The maximum atomic E-state index is 2.43. The zero-order valence-electron chi connectivity index (χ0n) is 11.5. The Morgan fingerprint density at radius 2 is 1.53 bits per heavy atom. The summed E-state index contributed by atoms with van der Waals surface area (Å²) in [6, 6.07) is 19.8. The molecule has 0 aliphatic carbocycles. The summed E-state index contributed by atoms with van der Waals surface area (Å²) in [5, 5.41) is 0. The van der Waals surface area contributed by atoms with E-state index in [0.717, 1.165) is 5.92 Å². The molecular formula is C18H21N. The maximum absolute atomic E-state index is 2.43. The van der Waals surface area contributed by atoms with Crippen molar-refractivity contribution in [2.24, 2.45) is 0 Å². The lowest BCUT2D eigenvalue weighted by molar-refractivity contribution is 0.255. The molecule has 0 N–H and O–H groups in total. The summed E-state index contributed by atoms with van der Waals surface area (Å²) in [5.74, 6) is 0.736. The molecule has 0 saturated carbocycles. The quantitative estimate of drug-likeness (QED) is 0.774. The van der Waals surface area contributed by atoms with Crippen LogP contribution in [0.4, 0.5) is 0 Å². The largest absolute Gasteiger partial charge is 0.306 e. The van der Waals surface area contributed by atoms with Crippen molar-refractivity contribution in [3.05, 3.63) is 60.2 Å². The van der Waals surface area contributed by atoms with Crippen LogP contribution in [-0.4, -0.2) is 25.0 Å². The average Bonchev–Trinajstić information content (AvgIpc) is 2.49. The summed E-state index contributed by atoms with van der Waals surface area (Å²) in [6.07, 6.45) is 2.57. The molecule has 1 heteroatoms. The van der Waals surface area contributed by atoms with Crippen molar-refractivity contribution in [2.75, 3.05) is 20.1 Å². The van der Waals surface area contributed by atoms with E-state index in [9.17, 15) is 0 Å². The monoisotopic (exact) mass is 251 g/mol. The highest BCUT2D eigenvalue weighted by Crippen LogP contribution is 2.30. The maximum Gasteiger partial charge on any atom is -0.00159 e. The standard InChI is InChI=1S/C18H21N/c1-19-12-10-16(11-13-19)18-9-5-8-17(14-18)15-6-3-2-4-7-15/h2-9,14,16H,10-13H2,1H3. The van der Waals surface area contributed by atoms with E-state index in [1.165, 1.54) is 42.6 Å². The molecule has 0 aromatic heterocycles. The second-order valence-corrected chi connectivity index (χ2v) is 5.57. The average molecular weight is 251 g/mol. The normalized spacial score (nSPS) is 17.5. The second kappa shape index (κ2) is 5.58. The molecule has 1 heterocycles. The summed E-state index contributed by atoms with van der Waals surface area (Å²) in [7, 11) is 2.22. The Bertz CT molecular complexity index is 524. The summed E-state index contributed by atoms with van der Waals surface area (Å²) >= 11 is 0. The number of piperidine rings is 1. The number of nitrogens with zero attached hydrogens (tertiary/aromatic N) is 1. The summed E-state index contributed by atoms with van der Waals surface area (Å²) in [5.41, 5.74) is 4.17. The van der Waals surface area contributed by atoms with Crippen LogP contribution in [0.2, 0.25) is 0 Å². The van der Waals surface area contributed by atoms with E-state index >= 15 is 0 Å². The van der Waals surface area contributed by atoms with Gasteiger partial charge in [-0.2, -0.15) is 0 Å². The Balaban J connectivity index is 1.84. The molecule has 1 aliphatic heterocycles. The highest BCUT2D eigenvalue weighted by atomic mass is 15.1. The van der Waals surface area contributed by atoms with Crippen molar-refractivity contribution >= 4 is 0 Å². The van der Waals surface area contributed by atoms with Gasteiger partial charge in [-0.15, -0.1) is 0 Å². The van der Waals surface area contributed by atoms with E-state index in [2.05, 4.69) is 66.5 Å². The van der Waals surface area contributed by atoms with Gasteiger partial charge in [0, 0.05) is 0 Å². The Labute approximate surface area is 115 Å². The van der Waals surface area contributed by atoms with Gasteiger partial charge < -0.3 is 4.90 Å². The van der Waals surface area contributed by atoms with Crippen LogP contribution >= 0.6 is 0 Å². The molecule has 0 atom stereocenters. The van der Waals surface area contributed by atoms with Gasteiger partial charge in [0.2, 0.25) is 0 Å². The van der Waals surface area contributed by atoms with Crippen molar-refractivity contribution in [2.45, 2.75) is 18.8 Å². The van der Waals surface area contributed by atoms with E-state index < -0.39 is 0 Å². The SMILES string of the molecule is CN1CCC(c2cccc(-c3ccccc3)c2)CC1. The van der Waals surface area contributed by atoms with Crippen LogP contribution in [0.3, 0.4) is 0 Å². The predicted molar refractivity (Wildman–Crippen MR) is 81.4 cm³/mol. The minimum Gasteiger partial charge on any atom is -0.306 e. The fourth-order valence-electron chi connectivity index (χ4n) is 2.94. The van der Waals surface area contributed by atoms with Gasteiger partial charge in [0.05, 0.1) is 0 Å². The van der Waals surface area contributed by atoms with Gasteiger partial charge in [-0.1, -0.05) is 54.6 Å². The molecule has 1 nitrogen and oxygen atoms in total. The topological polar surface area (TPSA) is 3.24 Å². The van der Waals surface area contributed by atoms with Crippen LogP contribution < -0.4 is 0 Å². The van der Waals surface area contributed by atoms with Crippen molar-refractivity contribution in [1.29, 1.82) is 0 Å². The molecule has 2 aromatic rings. The minimum absolute atomic E-state index is 0.736. The lowest BCUT2D eigenvalue weighted by Crippen LogP contribution is -2.29. The van der Waals surface area contributed by atoms with Crippen molar-refractivity contribution < 1.29 is 0 Å². The van der Waals surface area contributed by atoms with Gasteiger partial charge in [0.1, 0.15) is 0 Å². The van der Waals surface area contributed by atoms with Gasteiger partial charge >= 0.3 is 0 Å². The zero-order valence-corrected chi connectivity index (χ0v) is 11.5. The van der Waals surface area contributed by atoms with Crippen LogP contribution in [0.5, 0.6) is 0 Å². The lowest BCUT2D eigenvalue weighted by Gasteiger charge is -2.29. The first-order chi connectivity index (χ1) is 9.33. The molecule has 98 valence electrons. The molecule has 1 fully saturated rings. The Kier molecular flexibility index (Phi) is 3.65. The number of rotatable bonds is 2. The second-order valence-electron chi connectivity index (χ2n) is 5.57. The summed E-state index contributed by atoms with van der Waals surface area (Å²) < 4.78 is 0. The molecule has 1 saturated heterocycles. The molecular weight excluding hydrogens is 230 g/mol. The highest BCUT2D eigenvalue weighted by Gasteiger charge is 2.18. The first-order valence-electron chi connectivity index (χ1n) is 7.17. The van der Waals surface area contributed by atoms with E-state index in [-0.39, 0.29) is 0 Å². The summed E-state index contributed by atoms with van der Waals surface area (Å²) in [6.45, 7) is 2.44. The Morgan fingerprint density at radius 1 is 0.842 bits per heavy atom. The van der Waals surface area contributed by atoms with Crippen molar-refractivity contribution in [3.63, 3.8) is 0 Å². The molecule has 1 aliphatic rings. The van der Waals surface area contributed by atoms with Gasteiger partial charge in [0.15, 0.2) is 0 Å². The molecule has 2 aromatic carbocycles. The molecule has 19 heavy (non-hydrogen) atoms. The molecule has 3 rings (SSSR count). The fourth-order valence-corrected chi connectivity index (χ4v) is 2.94. The number of hydrogen-bond acceptors (Lipinski definition) is 1. The minimum atomic E-state index is 0.736. The van der Waals surface area contributed by atoms with Crippen LogP contribution in [0.25, 0.3) is 11.1 Å². The third-order valence-corrected chi connectivity index (χ3v) is 4.18. The third kappa shape index (κ3) is 2.87. The number of likely N-dealkylation sites (tertiary alicyclic amines) is 1. The zero-order chi connectivity index (χ0) is 13.1. The molecule has 0 bridgehead atoms. The number of benzene rings is 2. The van der Waals surface area contributed by atoms with Crippen LogP contribution in [0.15, 0.2) is 54.6 Å². The predicted octanol–water partition coefficient (Wildman–Crippen LogP) is 4.16. The molecule has 0 amide bonds. The lowest BCUT2D eigenvalue weighted by atomic mass is 9.88. The van der Waals surface area contributed by atoms with Crippen LogP contribution in [-0.2, 0) is 0 Å². The van der Waals surface area contributed by atoms with Gasteiger partial charge in [-0.05, 0) is 55.6 Å².